The van der Waals surface area contributed by atoms with Gasteiger partial charge in [-0.2, -0.15) is 5.10 Å². The largest absolute Gasteiger partial charge is 0.351 e. The van der Waals surface area contributed by atoms with Crippen LogP contribution >= 0.6 is 0 Å². The van der Waals surface area contributed by atoms with Crippen molar-refractivity contribution in [2.24, 2.45) is 14.1 Å². The number of benzene rings is 2. The van der Waals surface area contributed by atoms with Crippen molar-refractivity contribution in [3.8, 4) is 11.1 Å². The van der Waals surface area contributed by atoms with Gasteiger partial charge in [-0.1, -0.05) is 12.1 Å². The number of aromatic nitrogens is 3. The number of carbonyl (C=O) groups excluding carboxylic acids is 1. The summed E-state index contributed by atoms with van der Waals surface area (Å²) < 4.78 is 3.68. The van der Waals surface area contributed by atoms with Crippen molar-refractivity contribution in [2.45, 2.75) is 6.92 Å². The van der Waals surface area contributed by atoms with E-state index in [0.29, 0.717) is 5.69 Å². The van der Waals surface area contributed by atoms with Crippen LogP contribution in [0, 0.1) is 6.92 Å². The van der Waals surface area contributed by atoms with E-state index in [9.17, 15) is 4.79 Å². The first kappa shape index (κ1) is 16.1. The lowest BCUT2D eigenvalue weighted by Gasteiger charge is -2.11. The Morgan fingerprint density at radius 1 is 1.00 bits per heavy atom. The molecule has 0 aliphatic rings. The Morgan fingerprint density at radius 3 is 2.50 bits per heavy atom. The van der Waals surface area contributed by atoms with Crippen LogP contribution in [-0.4, -0.2) is 20.3 Å². The van der Waals surface area contributed by atoms with Gasteiger partial charge in [0.1, 0.15) is 5.69 Å². The molecule has 2 aromatic carbocycles. The molecule has 4 rings (SSSR count). The van der Waals surface area contributed by atoms with E-state index in [2.05, 4.69) is 51.5 Å². The number of fused-ring (bicyclic) bond motifs is 1. The van der Waals surface area contributed by atoms with Crippen molar-refractivity contribution in [3.63, 3.8) is 0 Å². The molecule has 26 heavy (non-hydrogen) atoms. The minimum atomic E-state index is -0.161. The minimum Gasteiger partial charge on any atom is -0.351 e. The van der Waals surface area contributed by atoms with E-state index >= 15 is 0 Å². The molecular formula is C21H20N4O. The summed E-state index contributed by atoms with van der Waals surface area (Å²) in [6.07, 6.45) is 3.68. The van der Waals surface area contributed by atoms with Crippen molar-refractivity contribution < 1.29 is 4.79 Å². The van der Waals surface area contributed by atoms with Crippen LogP contribution in [0.25, 0.3) is 22.0 Å². The second kappa shape index (κ2) is 6.19. The molecule has 0 unspecified atom stereocenters. The number of hydrogen-bond donors (Lipinski definition) is 1. The highest BCUT2D eigenvalue weighted by Crippen LogP contribution is 2.28. The summed E-state index contributed by atoms with van der Waals surface area (Å²) in [5.74, 6) is -0.161. The highest BCUT2D eigenvalue weighted by atomic mass is 16.2. The number of carbonyl (C=O) groups is 1. The Labute approximate surface area is 151 Å². The molecule has 5 heteroatoms. The smallest absolute Gasteiger partial charge is 0.273 e. The van der Waals surface area contributed by atoms with Gasteiger partial charge in [-0.3, -0.25) is 9.48 Å². The van der Waals surface area contributed by atoms with Crippen LogP contribution in [0.15, 0.2) is 60.9 Å². The highest BCUT2D eigenvalue weighted by molar-refractivity contribution is 6.03. The Balaban J connectivity index is 1.62. The minimum absolute atomic E-state index is 0.161. The fraction of sp³-hybridized carbons (Fsp3) is 0.143. The molecule has 4 aromatic rings. The quantitative estimate of drug-likeness (QED) is 0.607. The summed E-state index contributed by atoms with van der Waals surface area (Å²) in [4.78, 5) is 12.4. The lowest BCUT2D eigenvalue weighted by Crippen LogP contribution is -2.16. The van der Waals surface area contributed by atoms with Gasteiger partial charge in [0.25, 0.3) is 5.91 Å². The van der Waals surface area contributed by atoms with Gasteiger partial charge in [0.05, 0.1) is 0 Å². The zero-order chi connectivity index (χ0) is 18.3. The van der Waals surface area contributed by atoms with Gasteiger partial charge >= 0.3 is 0 Å². The fourth-order valence-corrected chi connectivity index (χ4v) is 3.23. The third kappa shape index (κ3) is 2.77. The zero-order valence-corrected chi connectivity index (χ0v) is 15.0. The average molecular weight is 344 g/mol. The van der Waals surface area contributed by atoms with E-state index in [1.165, 1.54) is 10.9 Å². The van der Waals surface area contributed by atoms with Crippen LogP contribution in [0.5, 0.6) is 0 Å². The van der Waals surface area contributed by atoms with Crippen LogP contribution in [0.4, 0.5) is 5.69 Å². The van der Waals surface area contributed by atoms with Crippen molar-refractivity contribution in [1.82, 2.24) is 14.3 Å². The van der Waals surface area contributed by atoms with Crippen molar-refractivity contribution in [3.05, 3.63) is 72.2 Å². The monoisotopic (exact) mass is 344 g/mol. The molecule has 1 amide bonds. The van der Waals surface area contributed by atoms with Gasteiger partial charge in [0.2, 0.25) is 0 Å². The summed E-state index contributed by atoms with van der Waals surface area (Å²) in [6, 6.07) is 16.4. The third-order valence-corrected chi connectivity index (χ3v) is 4.75. The maximum atomic E-state index is 12.4. The predicted molar refractivity (Wildman–Crippen MR) is 104 cm³/mol. The SMILES string of the molecule is Cc1cc(-c2ccc3c(ccn3C)c2)ccc1NC(=O)c1ccnn1C. The normalized spacial score (nSPS) is 11.0. The van der Waals surface area contributed by atoms with E-state index in [1.807, 2.05) is 26.1 Å². The van der Waals surface area contributed by atoms with Crippen LogP contribution in [-0.2, 0) is 14.1 Å². The van der Waals surface area contributed by atoms with E-state index in [-0.39, 0.29) is 5.91 Å². The molecule has 0 saturated carbocycles. The Morgan fingerprint density at radius 2 is 1.77 bits per heavy atom. The molecular weight excluding hydrogens is 324 g/mol. The average Bonchev–Trinajstić information content (AvgIpc) is 3.22. The molecule has 130 valence electrons. The van der Waals surface area contributed by atoms with E-state index in [4.69, 9.17) is 0 Å². The molecule has 0 atom stereocenters. The molecule has 2 aromatic heterocycles. The predicted octanol–water partition coefficient (Wildman–Crippen LogP) is 4.14. The molecule has 0 radical (unpaired) electrons. The number of anilines is 1. The topological polar surface area (TPSA) is 51.9 Å². The maximum Gasteiger partial charge on any atom is 0.273 e. The molecule has 1 N–H and O–H groups in total. The Bertz CT molecular complexity index is 1120. The number of nitrogens with one attached hydrogen (secondary N) is 1. The van der Waals surface area contributed by atoms with Gasteiger partial charge in [0.15, 0.2) is 0 Å². The van der Waals surface area contributed by atoms with Crippen molar-refractivity contribution in [1.29, 1.82) is 0 Å². The maximum absolute atomic E-state index is 12.4. The molecule has 0 fully saturated rings. The zero-order valence-electron chi connectivity index (χ0n) is 15.0. The molecule has 0 bridgehead atoms. The molecule has 5 nitrogen and oxygen atoms in total. The lowest BCUT2D eigenvalue weighted by molar-refractivity contribution is 0.101. The Kier molecular flexibility index (Phi) is 3.84. The molecule has 0 spiro atoms. The van der Waals surface area contributed by atoms with Crippen molar-refractivity contribution >= 4 is 22.5 Å². The number of hydrogen-bond acceptors (Lipinski definition) is 2. The van der Waals surface area contributed by atoms with E-state index in [0.717, 1.165) is 22.4 Å². The first-order valence-electron chi connectivity index (χ1n) is 8.48. The number of rotatable bonds is 3. The summed E-state index contributed by atoms with van der Waals surface area (Å²) in [5.41, 5.74) is 5.86. The summed E-state index contributed by atoms with van der Waals surface area (Å²) >= 11 is 0. The van der Waals surface area contributed by atoms with Gasteiger partial charge < -0.3 is 9.88 Å². The number of amides is 1. The van der Waals surface area contributed by atoms with E-state index in [1.54, 1.807) is 24.0 Å². The first-order valence-corrected chi connectivity index (χ1v) is 8.48. The number of aryl methyl sites for hydroxylation is 3. The number of nitrogens with zero attached hydrogens (tertiary/aromatic N) is 3. The van der Waals surface area contributed by atoms with Gasteiger partial charge in [-0.15, -0.1) is 0 Å². The lowest BCUT2D eigenvalue weighted by atomic mass is 10.0. The molecule has 0 aliphatic carbocycles. The molecule has 2 heterocycles. The second-order valence-electron chi connectivity index (χ2n) is 6.52. The van der Waals surface area contributed by atoms with Crippen LogP contribution in [0.1, 0.15) is 16.1 Å². The van der Waals surface area contributed by atoms with Crippen LogP contribution < -0.4 is 5.32 Å². The molecule has 0 saturated heterocycles. The van der Waals surface area contributed by atoms with Crippen LogP contribution in [0.3, 0.4) is 0 Å². The summed E-state index contributed by atoms with van der Waals surface area (Å²) in [5, 5.41) is 8.22. The second-order valence-corrected chi connectivity index (χ2v) is 6.52. The summed E-state index contributed by atoms with van der Waals surface area (Å²) in [6.45, 7) is 2.00. The van der Waals surface area contributed by atoms with E-state index < -0.39 is 0 Å². The van der Waals surface area contributed by atoms with Gasteiger partial charge in [0, 0.05) is 43.1 Å². The van der Waals surface area contributed by atoms with Crippen molar-refractivity contribution in [2.75, 3.05) is 5.32 Å². The Hall–Kier alpha value is -3.34. The van der Waals surface area contributed by atoms with Crippen LogP contribution in [0.2, 0.25) is 0 Å². The van der Waals surface area contributed by atoms with Gasteiger partial charge in [-0.25, -0.2) is 0 Å². The third-order valence-electron chi connectivity index (χ3n) is 4.75. The summed E-state index contributed by atoms with van der Waals surface area (Å²) in [7, 11) is 3.80. The first-order chi connectivity index (χ1) is 12.5. The fourth-order valence-electron chi connectivity index (χ4n) is 3.23. The molecule has 0 aliphatic heterocycles. The standard InChI is InChI=1S/C21H20N4O/c1-14-12-15(16-5-7-19-17(13-16)9-11-24(19)2)4-6-18(14)23-21(26)20-8-10-22-25(20)3/h4-13H,1-3H3,(H,23,26). The highest BCUT2D eigenvalue weighted by Gasteiger charge is 2.12. The van der Waals surface area contributed by atoms with Gasteiger partial charge in [-0.05, 0) is 60.0 Å².